The summed E-state index contributed by atoms with van der Waals surface area (Å²) in [5, 5.41) is 13.0. The Morgan fingerprint density at radius 1 is 0.872 bits per heavy atom. The van der Waals surface area contributed by atoms with Crippen molar-refractivity contribution in [3.63, 3.8) is 0 Å². The van der Waals surface area contributed by atoms with Crippen LogP contribution in [-0.4, -0.2) is 35.8 Å². The van der Waals surface area contributed by atoms with Gasteiger partial charge in [0, 0.05) is 12.4 Å². The van der Waals surface area contributed by atoms with E-state index in [1.54, 1.807) is 23.0 Å². The second kappa shape index (κ2) is 11.1. The molecule has 0 saturated carbocycles. The van der Waals surface area contributed by atoms with Gasteiger partial charge in [0.1, 0.15) is 23.0 Å². The van der Waals surface area contributed by atoms with Crippen LogP contribution in [0.25, 0.3) is 11.3 Å². The quantitative estimate of drug-likeness (QED) is 0.198. The molecule has 10 heteroatoms. The Balaban J connectivity index is 1.30. The Hall–Kier alpha value is -5.09. The van der Waals surface area contributed by atoms with Gasteiger partial charge in [-0.2, -0.15) is 4.68 Å². The molecule has 3 aromatic carbocycles. The molecule has 6 aromatic rings. The molecule has 9 nitrogen and oxygen atoms in total. The highest BCUT2D eigenvalue weighted by Gasteiger charge is 2.17. The lowest BCUT2D eigenvalue weighted by molar-refractivity contribution is 0.306. The van der Waals surface area contributed by atoms with E-state index >= 15 is 0 Å². The summed E-state index contributed by atoms with van der Waals surface area (Å²) in [4.78, 5) is 22.8. The number of hydrogen-bond acceptors (Lipinski definition) is 8. The van der Waals surface area contributed by atoms with E-state index in [1.807, 2.05) is 91.0 Å². The van der Waals surface area contributed by atoms with Crippen molar-refractivity contribution >= 4 is 29.3 Å². The summed E-state index contributed by atoms with van der Waals surface area (Å²) >= 11 is 1.20. The maximum Gasteiger partial charge on any atom is 0.267 e. The van der Waals surface area contributed by atoms with Crippen LogP contribution in [0.15, 0.2) is 129 Å². The highest BCUT2D eigenvalue weighted by atomic mass is 32.2. The van der Waals surface area contributed by atoms with E-state index in [1.165, 1.54) is 22.4 Å². The van der Waals surface area contributed by atoms with Crippen molar-refractivity contribution < 1.29 is 4.74 Å². The molecular weight excluding hydrogens is 510 g/mol. The average Bonchev–Trinajstić information content (AvgIpc) is 3.46. The molecule has 0 N–H and O–H groups in total. The van der Waals surface area contributed by atoms with Crippen LogP contribution in [-0.2, 0) is 6.61 Å². The molecular formula is C29H21N7O2S. The standard InChI is InChI=1S/C29H21N7O2S/c37-28-25(19-30-22-14-16-24(17-15-22)38-20-21-9-3-1-4-10-21)27(31-26-13-7-8-18-35(26)28)39-29-32-33-34-36(29)23-11-5-2-6-12-23/h1-19H,20H2. The Morgan fingerprint density at radius 3 is 2.41 bits per heavy atom. The molecule has 0 saturated heterocycles. The van der Waals surface area contributed by atoms with Gasteiger partial charge in [-0.1, -0.05) is 54.6 Å². The lowest BCUT2D eigenvalue weighted by Crippen LogP contribution is -2.20. The average molecular weight is 532 g/mol. The molecule has 0 spiro atoms. The van der Waals surface area contributed by atoms with E-state index in [2.05, 4.69) is 20.5 Å². The monoisotopic (exact) mass is 531 g/mol. The molecule has 190 valence electrons. The molecule has 3 heterocycles. The smallest absolute Gasteiger partial charge is 0.267 e. The normalized spacial score (nSPS) is 11.3. The third-order valence-electron chi connectivity index (χ3n) is 5.79. The molecule has 3 aromatic heterocycles. The molecule has 0 atom stereocenters. The maximum absolute atomic E-state index is 13.5. The van der Waals surface area contributed by atoms with Crippen molar-refractivity contribution in [2.24, 2.45) is 4.99 Å². The molecule has 0 bridgehead atoms. The van der Waals surface area contributed by atoms with Crippen molar-refractivity contribution in [3.8, 4) is 11.4 Å². The lowest BCUT2D eigenvalue weighted by Gasteiger charge is -2.08. The number of ether oxygens (including phenoxy) is 1. The van der Waals surface area contributed by atoms with Gasteiger partial charge < -0.3 is 4.74 Å². The Kier molecular flexibility index (Phi) is 6.91. The summed E-state index contributed by atoms with van der Waals surface area (Å²) in [6.07, 6.45) is 3.22. The van der Waals surface area contributed by atoms with Gasteiger partial charge in [-0.3, -0.25) is 14.2 Å². The molecule has 0 aliphatic rings. The lowest BCUT2D eigenvalue weighted by atomic mass is 10.2. The van der Waals surface area contributed by atoms with E-state index in [9.17, 15) is 4.79 Å². The number of fused-ring (bicyclic) bond motifs is 1. The Labute approximate surface area is 227 Å². The summed E-state index contributed by atoms with van der Waals surface area (Å²) in [5.41, 5.74) is 3.16. The van der Waals surface area contributed by atoms with Crippen molar-refractivity contribution in [1.82, 2.24) is 29.6 Å². The zero-order valence-corrected chi connectivity index (χ0v) is 21.3. The predicted molar refractivity (Wildman–Crippen MR) is 149 cm³/mol. The fourth-order valence-corrected chi connectivity index (χ4v) is 4.71. The predicted octanol–water partition coefficient (Wildman–Crippen LogP) is 5.15. The van der Waals surface area contributed by atoms with Crippen molar-refractivity contribution in [2.75, 3.05) is 0 Å². The van der Waals surface area contributed by atoms with Crippen LogP contribution in [0.2, 0.25) is 0 Å². The number of tetrazole rings is 1. The first kappa shape index (κ1) is 24.3. The molecule has 0 aliphatic carbocycles. The second-order valence-electron chi connectivity index (χ2n) is 8.40. The number of para-hydroxylation sites is 1. The van der Waals surface area contributed by atoms with E-state index in [0.29, 0.717) is 33.7 Å². The van der Waals surface area contributed by atoms with Gasteiger partial charge in [0.2, 0.25) is 5.16 Å². The Bertz CT molecular complexity index is 1800. The number of benzene rings is 3. The van der Waals surface area contributed by atoms with Crippen LogP contribution >= 0.6 is 11.8 Å². The summed E-state index contributed by atoms with van der Waals surface area (Å²) in [7, 11) is 0. The van der Waals surface area contributed by atoms with Crippen molar-refractivity contribution in [2.45, 2.75) is 16.8 Å². The van der Waals surface area contributed by atoms with Gasteiger partial charge in [0.25, 0.3) is 5.56 Å². The molecule has 0 amide bonds. The largest absolute Gasteiger partial charge is 0.489 e. The maximum atomic E-state index is 13.5. The molecule has 6 rings (SSSR count). The third kappa shape index (κ3) is 5.46. The van der Waals surface area contributed by atoms with Crippen molar-refractivity contribution in [3.05, 3.63) is 131 Å². The highest BCUT2D eigenvalue weighted by Crippen LogP contribution is 2.27. The van der Waals surface area contributed by atoms with Crippen LogP contribution in [0.1, 0.15) is 11.1 Å². The minimum atomic E-state index is -0.242. The minimum absolute atomic E-state index is 0.242. The van der Waals surface area contributed by atoms with Crippen LogP contribution in [0.5, 0.6) is 5.75 Å². The van der Waals surface area contributed by atoms with E-state index in [4.69, 9.17) is 9.72 Å². The van der Waals surface area contributed by atoms with Crippen molar-refractivity contribution in [1.29, 1.82) is 0 Å². The summed E-state index contributed by atoms with van der Waals surface area (Å²) in [6.45, 7) is 0.478. The highest BCUT2D eigenvalue weighted by molar-refractivity contribution is 7.99. The molecule has 0 fully saturated rings. The molecule has 0 unspecified atom stereocenters. The summed E-state index contributed by atoms with van der Waals surface area (Å²) in [5.74, 6) is 0.731. The van der Waals surface area contributed by atoms with Crippen LogP contribution in [0.3, 0.4) is 0 Å². The van der Waals surface area contributed by atoms with Gasteiger partial charge in [0.05, 0.1) is 16.9 Å². The number of pyridine rings is 1. The van der Waals surface area contributed by atoms with Gasteiger partial charge >= 0.3 is 0 Å². The van der Waals surface area contributed by atoms with E-state index in [-0.39, 0.29) is 5.56 Å². The van der Waals surface area contributed by atoms with Crippen LogP contribution in [0, 0.1) is 0 Å². The molecule has 0 aliphatic heterocycles. The zero-order valence-electron chi connectivity index (χ0n) is 20.5. The van der Waals surface area contributed by atoms with E-state index < -0.39 is 0 Å². The van der Waals surface area contributed by atoms with Gasteiger partial charge in [-0.25, -0.2) is 4.98 Å². The first-order chi connectivity index (χ1) is 19.2. The Morgan fingerprint density at radius 2 is 1.62 bits per heavy atom. The topological polar surface area (TPSA) is 99.6 Å². The minimum Gasteiger partial charge on any atom is -0.489 e. The summed E-state index contributed by atoms with van der Waals surface area (Å²) < 4.78 is 8.96. The first-order valence-corrected chi connectivity index (χ1v) is 12.9. The number of aliphatic imine (C=N–C) groups is 1. The van der Waals surface area contributed by atoms with Gasteiger partial charge in [-0.05, 0) is 76.3 Å². The van der Waals surface area contributed by atoms with E-state index in [0.717, 1.165) is 17.0 Å². The number of aromatic nitrogens is 6. The third-order valence-corrected chi connectivity index (χ3v) is 6.73. The first-order valence-electron chi connectivity index (χ1n) is 12.1. The molecule has 39 heavy (non-hydrogen) atoms. The zero-order chi connectivity index (χ0) is 26.4. The molecule has 0 radical (unpaired) electrons. The van der Waals surface area contributed by atoms with Gasteiger partial charge in [-0.15, -0.1) is 5.10 Å². The SMILES string of the molecule is O=c1c(C=Nc2ccc(OCc3ccccc3)cc2)c(Sc2nnnn2-c2ccccc2)nc2ccccn12. The van der Waals surface area contributed by atoms with Crippen LogP contribution in [0.4, 0.5) is 5.69 Å². The van der Waals surface area contributed by atoms with Gasteiger partial charge in [0.15, 0.2) is 0 Å². The fourth-order valence-electron chi connectivity index (χ4n) is 3.84. The summed E-state index contributed by atoms with van der Waals surface area (Å²) in [6, 6.07) is 32.3. The number of rotatable bonds is 8. The van der Waals surface area contributed by atoms with Crippen LogP contribution < -0.4 is 10.3 Å². The second-order valence-corrected chi connectivity index (χ2v) is 9.36. The number of hydrogen-bond donors (Lipinski definition) is 0. The number of nitrogens with zero attached hydrogens (tertiary/aromatic N) is 7. The fraction of sp³-hybridized carbons (Fsp3) is 0.0345.